The van der Waals surface area contributed by atoms with E-state index in [0.717, 1.165) is 5.52 Å². The number of methoxy groups -OCH3 is 1. The Bertz CT molecular complexity index is 879. The molecule has 0 bridgehead atoms. The van der Waals surface area contributed by atoms with Crippen LogP contribution < -0.4 is 10.5 Å². The highest BCUT2D eigenvalue weighted by Gasteiger charge is 2.13. The van der Waals surface area contributed by atoms with Crippen LogP contribution in [0.5, 0.6) is 5.75 Å². The van der Waals surface area contributed by atoms with Gasteiger partial charge in [0.2, 0.25) is 5.95 Å². The summed E-state index contributed by atoms with van der Waals surface area (Å²) >= 11 is 6.25. The number of imidazole rings is 1. The fourth-order valence-corrected chi connectivity index (χ4v) is 2.48. The van der Waals surface area contributed by atoms with Crippen molar-refractivity contribution in [1.29, 1.82) is 5.26 Å². The average molecular weight is 299 g/mol. The zero-order valence-corrected chi connectivity index (χ0v) is 11.9. The van der Waals surface area contributed by atoms with Crippen molar-refractivity contribution in [3.8, 4) is 17.5 Å². The van der Waals surface area contributed by atoms with E-state index < -0.39 is 0 Å². The second-order valence-electron chi connectivity index (χ2n) is 4.44. The van der Waals surface area contributed by atoms with Crippen molar-refractivity contribution in [3.05, 3.63) is 47.0 Å². The van der Waals surface area contributed by atoms with Crippen molar-refractivity contribution in [1.82, 2.24) is 9.55 Å². The van der Waals surface area contributed by atoms with E-state index in [9.17, 15) is 0 Å². The number of aromatic nitrogens is 2. The molecule has 0 spiro atoms. The van der Waals surface area contributed by atoms with Gasteiger partial charge in [-0.15, -0.1) is 0 Å². The summed E-state index contributed by atoms with van der Waals surface area (Å²) in [5.41, 5.74) is 8.71. The predicted octanol–water partition coefficient (Wildman–Crippen LogP) is 3.14. The maximum absolute atomic E-state index is 8.90. The largest absolute Gasteiger partial charge is 0.497 e. The molecule has 2 N–H and O–H groups in total. The van der Waals surface area contributed by atoms with Crippen LogP contribution in [-0.2, 0) is 0 Å². The fourth-order valence-electron chi connectivity index (χ4n) is 2.22. The maximum atomic E-state index is 8.90. The second kappa shape index (κ2) is 5.00. The number of hydrogen-bond acceptors (Lipinski definition) is 4. The van der Waals surface area contributed by atoms with Gasteiger partial charge < -0.3 is 10.5 Å². The Hall–Kier alpha value is -2.71. The third-order valence-corrected chi connectivity index (χ3v) is 3.51. The third kappa shape index (κ3) is 2.16. The molecule has 0 radical (unpaired) electrons. The number of nitrogens with two attached hydrogens (primary N) is 1. The lowest BCUT2D eigenvalue weighted by Gasteiger charge is -2.09. The highest BCUT2D eigenvalue weighted by atomic mass is 35.5. The average Bonchev–Trinajstić information content (AvgIpc) is 2.82. The van der Waals surface area contributed by atoms with Crippen molar-refractivity contribution in [2.75, 3.05) is 12.8 Å². The van der Waals surface area contributed by atoms with E-state index in [4.69, 9.17) is 27.3 Å². The van der Waals surface area contributed by atoms with Gasteiger partial charge in [0.25, 0.3) is 0 Å². The first-order valence-electron chi connectivity index (χ1n) is 6.16. The second-order valence-corrected chi connectivity index (χ2v) is 4.85. The van der Waals surface area contributed by atoms with E-state index in [2.05, 4.69) is 11.1 Å². The van der Waals surface area contributed by atoms with Crippen molar-refractivity contribution < 1.29 is 4.74 Å². The molecular formula is C15H11ClN4O. The van der Waals surface area contributed by atoms with Gasteiger partial charge in [-0.2, -0.15) is 5.26 Å². The van der Waals surface area contributed by atoms with Crippen LogP contribution in [0.2, 0.25) is 5.02 Å². The summed E-state index contributed by atoms with van der Waals surface area (Å²) in [6, 6.07) is 12.6. The van der Waals surface area contributed by atoms with Crippen LogP contribution in [0.3, 0.4) is 0 Å². The van der Waals surface area contributed by atoms with Gasteiger partial charge in [0.1, 0.15) is 5.75 Å². The molecular weight excluding hydrogens is 288 g/mol. The van der Waals surface area contributed by atoms with Crippen molar-refractivity contribution in [2.45, 2.75) is 0 Å². The van der Waals surface area contributed by atoms with Gasteiger partial charge in [-0.25, -0.2) is 4.98 Å². The number of rotatable bonds is 2. The normalized spacial score (nSPS) is 10.5. The van der Waals surface area contributed by atoms with Crippen LogP contribution >= 0.6 is 11.6 Å². The smallest absolute Gasteiger partial charge is 0.205 e. The highest BCUT2D eigenvalue weighted by molar-refractivity contribution is 6.32. The van der Waals surface area contributed by atoms with Gasteiger partial charge in [-0.1, -0.05) is 11.6 Å². The summed E-state index contributed by atoms with van der Waals surface area (Å²) in [5, 5.41) is 9.34. The highest BCUT2D eigenvalue weighted by Crippen LogP contribution is 2.30. The van der Waals surface area contributed by atoms with E-state index in [1.54, 1.807) is 35.9 Å². The number of nitrogen functional groups attached to an aromatic ring is 1. The molecule has 0 saturated carbocycles. The first kappa shape index (κ1) is 13.3. The number of hydrogen-bond donors (Lipinski definition) is 1. The molecule has 0 aliphatic rings. The summed E-state index contributed by atoms with van der Waals surface area (Å²) in [5.74, 6) is 1.03. The number of halogens is 1. The number of anilines is 1. The molecule has 5 nitrogen and oxygen atoms in total. The fraction of sp³-hybridized carbons (Fsp3) is 0.0667. The lowest BCUT2D eigenvalue weighted by molar-refractivity contribution is 0.415. The van der Waals surface area contributed by atoms with E-state index in [0.29, 0.717) is 33.5 Å². The summed E-state index contributed by atoms with van der Waals surface area (Å²) < 4.78 is 6.93. The van der Waals surface area contributed by atoms with Gasteiger partial charge in [0.05, 0.1) is 40.5 Å². The first-order valence-corrected chi connectivity index (χ1v) is 6.54. The Kier molecular flexibility index (Phi) is 3.16. The summed E-state index contributed by atoms with van der Waals surface area (Å²) in [4.78, 5) is 4.32. The van der Waals surface area contributed by atoms with Crippen LogP contribution in [-0.4, -0.2) is 16.7 Å². The van der Waals surface area contributed by atoms with Crippen LogP contribution in [0, 0.1) is 11.3 Å². The minimum atomic E-state index is 0.324. The molecule has 2 aromatic carbocycles. The lowest BCUT2D eigenvalue weighted by atomic mass is 10.2. The van der Waals surface area contributed by atoms with Crippen LogP contribution in [0.1, 0.15) is 5.56 Å². The molecule has 0 aliphatic carbocycles. The Balaban J connectivity index is 2.25. The van der Waals surface area contributed by atoms with E-state index in [-0.39, 0.29) is 0 Å². The van der Waals surface area contributed by atoms with E-state index in [1.807, 2.05) is 12.1 Å². The number of fused-ring (bicyclic) bond motifs is 1. The molecule has 0 saturated heterocycles. The van der Waals surface area contributed by atoms with E-state index in [1.165, 1.54) is 0 Å². The SMILES string of the molecule is COc1ccc2c(c1)nc(N)n2-c1ccc(C#N)cc1Cl. The monoisotopic (exact) mass is 298 g/mol. The minimum absolute atomic E-state index is 0.324. The van der Waals surface area contributed by atoms with Crippen LogP contribution in [0.4, 0.5) is 5.95 Å². The Morgan fingerprint density at radius 1 is 1.29 bits per heavy atom. The lowest BCUT2D eigenvalue weighted by Crippen LogP contribution is -2.01. The zero-order chi connectivity index (χ0) is 15.0. The molecule has 21 heavy (non-hydrogen) atoms. The van der Waals surface area contributed by atoms with Gasteiger partial charge in [0.15, 0.2) is 0 Å². The number of nitriles is 1. The molecule has 1 aromatic heterocycles. The van der Waals surface area contributed by atoms with Crippen LogP contribution in [0.25, 0.3) is 16.7 Å². The molecule has 0 aliphatic heterocycles. The van der Waals surface area contributed by atoms with Gasteiger partial charge in [-0.05, 0) is 30.3 Å². The maximum Gasteiger partial charge on any atom is 0.205 e. The molecule has 1 heterocycles. The van der Waals surface area contributed by atoms with Crippen molar-refractivity contribution in [3.63, 3.8) is 0 Å². The Labute approximate surface area is 126 Å². The third-order valence-electron chi connectivity index (χ3n) is 3.21. The molecule has 0 fully saturated rings. The van der Waals surface area contributed by atoms with Crippen LogP contribution in [0.15, 0.2) is 36.4 Å². The summed E-state index contributed by atoms with van der Waals surface area (Å²) in [7, 11) is 1.60. The molecule has 0 amide bonds. The molecule has 104 valence electrons. The number of ether oxygens (including phenoxy) is 1. The Morgan fingerprint density at radius 3 is 2.76 bits per heavy atom. The molecule has 0 unspecified atom stereocenters. The molecule has 0 atom stereocenters. The summed E-state index contributed by atoms with van der Waals surface area (Å²) in [6.45, 7) is 0. The zero-order valence-electron chi connectivity index (χ0n) is 11.2. The van der Waals surface area contributed by atoms with Gasteiger partial charge in [0, 0.05) is 6.07 Å². The Morgan fingerprint density at radius 2 is 2.10 bits per heavy atom. The number of benzene rings is 2. The van der Waals surface area contributed by atoms with Gasteiger partial charge >= 0.3 is 0 Å². The standard InChI is InChI=1S/C15H11ClN4O/c1-21-10-3-5-14-12(7-10)19-15(18)20(14)13-4-2-9(8-17)6-11(13)16/h2-7H,1H3,(H2,18,19). The summed E-state index contributed by atoms with van der Waals surface area (Å²) in [6.07, 6.45) is 0. The molecule has 3 aromatic rings. The topological polar surface area (TPSA) is 76.9 Å². The quantitative estimate of drug-likeness (QED) is 0.788. The van der Waals surface area contributed by atoms with Gasteiger partial charge in [-0.3, -0.25) is 4.57 Å². The number of nitrogens with zero attached hydrogens (tertiary/aromatic N) is 3. The van der Waals surface area contributed by atoms with Crippen molar-refractivity contribution in [2.24, 2.45) is 0 Å². The van der Waals surface area contributed by atoms with E-state index >= 15 is 0 Å². The molecule has 3 rings (SSSR count). The molecule has 6 heteroatoms. The first-order chi connectivity index (χ1) is 10.1. The predicted molar refractivity (Wildman–Crippen MR) is 81.8 cm³/mol. The minimum Gasteiger partial charge on any atom is -0.497 e. The van der Waals surface area contributed by atoms with Crippen molar-refractivity contribution >= 4 is 28.6 Å².